The molecule has 2 rings (SSSR count). The van der Waals surface area contributed by atoms with Crippen LogP contribution in [0.1, 0.15) is 12.0 Å². The highest BCUT2D eigenvalue weighted by atomic mass is 35.5. The second kappa shape index (κ2) is 7.56. The first-order chi connectivity index (χ1) is 9.78. The third-order valence-electron chi connectivity index (χ3n) is 2.69. The Morgan fingerprint density at radius 1 is 1.10 bits per heavy atom. The molecule has 20 heavy (non-hydrogen) atoms. The maximum atomic E-state index is 11.5. The number of benzene rings is 2. The minimum atomic E-state index is -0.0970. The lowest BCUT2D eigenvalue weighted by atomic mass is 10.2. The van der Waals surface area contributed by atoms with E-state index in [4.69, 9.17) is 16.3 Å². The van der Waals surface area contributed by atoms with Crippen molar-refractivity contribution >= 4 is 23.2 Å². The molecule has 2 aromatic carbocycles. The van der Waals surface area contributed by atoms with Gasteiger partial charge in [-0.05, 0) is 17.7 Å². The van der Waals surface area contributed by atoms with Gasteiger partial charge in [-0.2, -0.15) is 0 Å². The first-order valence-electron chi connectivity index (χ1n) is 6.40. The van der Waals surface area contributed by atoms with Crippen molar-refractivity contribution in [2.24, 2.45) is 0 Å². The Morgan fingerprint density at radius 3 is 2.65 bits per heavy atom. The van der Waals surface area contributed by atoms with Crippen molar-refractivity contribution in [1.29, 1.82) is 0 Å². The number of rotatable bonds is 6. The molecule has 0 heterocycles. The van der Waals surface area contributed by atoms with Crippen LogP contribution in [0, 0.1) is 0 Å². The number of carbonyl (C=O) groups excluding carboxylic acids is 1. The van der Waals surface area contributed by atoms with E-state index in [9.17, 15) is 4.79 Å². The van der Waals surface area contributed by atoms with Gasteiger partial charge in [0.15, 0.2) is 0 Å². The summed E-state index contributed by atoms with van der Waals surface area (Å²) < 4.78 is 5.70. The summed E-state index contributed by atoms with van der Waals surface area (Å²) in [6, 6.07) is 17.3. The smallest absolute Gasteiger partial charge is 0.225 e. The minimum Gasteiger partial charge on any atom is -0.489 e. The van der Waals surface area contributed by atoms with Gasteiger partial charge in [0.1, 0.15) is 12.4 Å². The van der Waals surface area contributed by atoms with Crippen molar-refractivity contribution in [3.05, 3.63) is 60.2 Å². The van der Waals surface area contributed by atoms with Crippen molar-refractivity contribution in [2.75, 3.05) is 11.2 Å². The van der Waals surface area contributed by atoms with Crippen LogP contribution in [0.15, 0.2) is 54.6 Å². The molecule has 1 N–H and O–H groups in total. The first kappa shape index (κ1) is 14.4. The van der Waals surface area contributed by atoms with Crippen LogP contribution in [0.4, 0.5) is 5.69 Å². The Labute approximate surface area is 123 Å². The molecule has 0 unspecified atom stereocenters. The largest absolute Gasteiger partial charge is 0.489 e. The van der Waals surface area contributed by atoms with Crippen molar-refractivity contribution < 1.29 is 9.53 Å². The topological polar surface area (TPSA) is 38.3 Å². The second-order valence-electron chi connectivity index (χ2n) is 4.29. The van der Waals surface area contributed by atoms with Gasteiger partial charge in [0.2, 0.25) is 5.91 Å². The van der Waals surface area contributed by atoms with E-state index < -0.39 is 0 Å². The van der Waals surface area contributed by atoms with Crippen molar-refractivity contribution in [1.82, 2.24) is 0 Å². The number of anilines is 1. The summed E-state index contributed by atoms with van der Waals surface area (Å²) in [6.07, 6.45) is 0.302. The van der Waals surface area contributed by atoms with Crippen LogP contribution in [0.2, 0.25) is 0 Å². The number of carbonyl (C=O) groups is 1. The third-order valence-corrected chi connectivity index (χ3v) is 2.88. The molecular weight excluding hydrogens is 274 g/mol. The summed E-state index contributed by atoms with van der Waals surface area (Å²) >= 11 is 5.53. The third kappa shape index (κ3) is 4.59. The molecule has 2 aromatic rings. The average Bonchev–Trinajstić information content (AvgIpc) is 2.47. The minimum absolute atomic E-state index is 0.0970. The number of amides is 1. The second-order valence-corrected chi connectivity index (χ2v) is 4.67. The Bertz CT molecular complexity index is 557. The molecule has 0 aliphatic heterocycles. The van der Waals surface area contributed by atoms with E-state index in [0.717, 1.165) is 11.3 Å². The lowest BCUT2D eigenvalue weighted by Gasteiger charge is -2.09. The first-order valence-corrected chi connectivity index (χ1v) is 6.94. The summed E-state index contributed by atoms with van der Waals surface area (Å²) in [7, 11) is 0. The molecule has 3 nitrogen and oxygen atoms in total. The fraction of sp³-hybridized carbons (Fsp3) is 0.188. The van der Waals surface area contributed by atoms with Crippen LogP contribution in [0.5, 0.6) is 5.75 Å². The summed E-state index contributed by atoms with van der Waals surface area (Å²) in [5.41, 5.74) is 1.81. The monoisotopic (exact) mass is 289 g/mol. The number of hydrogen-bond donors (Lipinski definition) is 1. The maximum absolute atomic E-state index is 11.5. The summed E-state index contributed by atoms with van der Waals surface area (Å²) in [6.45, 7) is 0.500. The van der Waals surface area contributed by atoms with Crippen molar-refractivity contribution in [3.8, 4) is 5.75 Å². The standard InChI is InChI=1S/C16H16ClNO2/c17-10-9-16(19)18-14-7-4-8-15(11-14)20-12-13-5-2-1-3-6-13/h1-8,11H,9-10,12H2,(H,18,19). The number of nitrogens with one attached hydrogen (secondary N) is 1. The summed E-state index contributed by atoms with van der Waals surface area (Å²) in [5, 5.41) is 2.78. The van der Waals surface area contributed by atoms with Gasteiger partial charge in [0.25, 0.3) is 0 Å². The predicted octanol–water partition coefficient (Wildman–Crippen LogP) is 3.83. The molecular formula is C16H16ClNO2. The van der Waals surface area contributed by atoms with Gasteiger partial charge in [0, 0.05) is 24.1 Å². The summed E-state index contributed by atoms with van der Waals surface area (Å²) in [4.78, 5) is 11.5. The molecule has 0 spiro atoms. The van der Waals surface area contributed by atoms with Crippen molar-refractivity contribution in [2.45, 2.75) is 13.0 Å². The predicted molar refractivity (Wildman–Crippen MR) is 81.2 cm³/mol. The molecule has 4 heteroatoms. The van der Waals surface area contributed by atoms with E-state index in [1.807, 2.05) is 48.5 Å². The molecule has 0 fully saturated rings. The van der Waals surface area contributed by atoms with Gasteiger partial charge in [0.05, 0.1) is 0 Å². The lowest BCUT2D eigenvalue weighted by molar-refractivity contribution is -0.115. The highest BCUT2D eigenvalue weighted by Gasteiger charge is 2.02. The molecule has 0 saturated heterocycles. The van der Waals surface area contributed by atoms with E-state index in [1.165, 1.54) is 0 Å². The van der Waals surface area contributed by atoms with Gasteiger partial charge in [-0.25, -0.2) is 0 Å². The van der Waals surface area contributed by atoms with Gasteiger partial charge < -0.3 is 10.1 Å². The van der Waals surface area contributed by atoms with E-state index >= 15 is 0 Å². The summed E-state index contributed by atoms with van der Waals surface area (Å²) in [5.74, 6) is 0.938. The molecule has 1 amide bonds. The molecule has 0 aliphatic rings. The molecule has 0 atom stereocenters. The SMILES string of the molecule is O=C(CCCl)Nc1cccc(OCc2ccccc2)c1. The molecule has 0 radical (unpaired) electrons. The van der Waals surface area contributed by atoms with Crippen LogP contribution < -0.4 is 10.1 Å². The highest BCUT2D eigenvalue weighted by molar-refractivity contribution is 6.19. The fourth-order valence-electron chi connectivity index (χ4n) is 1.71. The lowest BCUT2D eigenvalue weighted by Crippen LogP contribution is -2.11. The van der Waals surface area contributed by atoms with Gasteiger partial charge >= 0.3 is 0 Å². The zero-order valence-corrected chi connectivity index (χ0v) is 11.8. The maximum Gasteiger partial charge on any atom is 0.225 e. The van der Waals surface area contributed by atoms with E-state index in [1.54, 1.807) is 6.07 Å². The average molecular weight is 290 g/mol. The Morgan fingerprint density at radius 2 is 1.90 bits per heavy atom. The van der Waals surface area contributed by atoms with Crippen LogP contribution in [-0.2, 0) is 11.4 Å². The fourth-order valence-corrected chi connectivity index (χ4v) is 1.89. The molecule has 0 aromatic heterocycles. The van der Waals surface area contributed by atoms with Gasteiger partial charge in [-0.15, -0.1) is 11.6 Å². The molecule has 0 bridgehead atoms. The van der Waals surface area contributed by atoms with Crippen LogP contribution in [0.3, 0.4) is 0 Å². The Hall–Kier alpha value is -2.00. The Balaban J connectivity index is 1.94. The zero-order chi connectivity index (χ0) is 14.2. The Kier molecular flexibility index (Phi) is 5.44. The van der Waals surface area contributed by atoms with Crippen molar-refractivity contribution in [3.63, 3.8) is 0 Å². The molecule has 104 valence electrons. The van der Waals surface area contributed by atoms with E-state index in [-0.39, 0.29) is 5.91 Å². The van der Waals surface area contributed by atoms with Crippen LogP contribution in [0.25, 0.3) is 0 Å². The quantitative estimate of drug-likeness (QED) is 0.821. The van der Waals surface area contributed by atoms with E-state index in [2.05, 4.69) is 5.32 Å². The molecule has 0 saturated carbocycles. The van der Waals surface area contributed by atoms with E-state index in [0.29, 0.717) is 24.6 Å². The van der Waals surface area contributed by atoms with Crippen LogP contribution >= 0.6 is 11.6 Å². The van der Waals surface area contributed by atoms with Gasteiger partial charge in [-0.1, -0.05) is 36.4 Å². The van der Waals surface area contributed by atoms with Crippen LogP contribution in [-0.4, -0.2) is 11.8 Å². The number of halogens is 1. The zero-order valence-electron chi connectivity index (χ0n) is 11.0. The molecule has 0 aliphatic carbocycles. The highest BCUT2D eigenvalue weighted by Crippen LogP contribution is 2.18. The number of hydrogen-bond acceptors (Lipinski definition) is 2. The van der Waals surface area contributed by atoms with Gasteiger partial charge in [-0.3, -0.25) is 4.79 Å². The number of ether oxygens (including phenoxy) is 1. The number of alkyl halides is 1. The normalized spacial score (nSPS) is 10.1.